The first-order valence-electron chi connectivity index (χ1n) is 26.1. The summed E-state index contributed by atoms with van der Waals surface area (Å²) in [5, 5.41) is 20.4. The van der Waals surface area contributed by atoms with Crippen molar-refractivity contribution in [2.24, 2.45) is 16.7 Å². The monoisotopic (exact) mass is 1170 g/mol. The van der Waals surface area contributed by atoms with Crippen LogP contribution in [0.3, 0.4) is 0 Å². The SMILES string of the molecule is COC(=O)C[C@H](C(=O)NN(Cc1c(F)cc(-c2ccn(C(F)F)n2)cc1F)C[C@H](O)[C@H](Cc1ccc(C#Cc2ccc(N3CC4CCC(C3)N4[C@@H]3CCOC3)nc2)cc1)NC(=O)[C@@H](NC(=O)OC)C(C)(C)C(F)(F)F)C(C)(C)C(F)(F)F. The van der Waals surface area contributed by atoms with Crippen LogP contribution in [-0.2, 0) is 41.6 Å². The van der Waals surface area contributed by atoms with Gasteiger partial charge >= 0.3 is 31.0 Å². The second kappa shape index (κ2) is 25.6. The Morgan fingerprint density at radius 1 is 0.817 bits per heavy atom. The lowest BCUT2D eigenvalue weighted by Gasteiger charge is -2.44. The summed E-state index contributed by atoms with van der Waals surface area (Å²) in [5.41, 5.74) is -4.17. The molecule has 7 rings (SSSR count). The van der Waals surface area contributed by atoms with Crippen LogP contribution in [0.5, 0.6) is 0 Å². The topological polar surface area (TPSA) is 193 Å². The Morgan fingerprint density at radius 3 is 1.98 bits per heavy atom. The highest BCUT2D eigenvalue weighted by Crippen LogP contribution is 2.46. The second-order valence-electron chi connectivity index (χ2n) is 21.6. The van der Waals surface area contributed by atoms with E-state index in [1.165, 1.54) is 12.1 Å². The molecule has 4 N–H and O–H groups in total. The Kier molecular flexibility index (Phi) is 19.6. The van der Waals surface area contributed by atoms with Crippen LogP contribution in [0.15, 0.2) is 67.0 Å². The maximum absolute atomic E-state index is 16.1. The minimum atomic E-state index is -5.17. The number of piperazine rings is 1. The van der Waals surface area contributed by atoms with E-state index >= 15 is 8.78 Å². The van der Waals surface area contributed by atoms with Gasteiger partial charge in [-0.2, -0.15) is 40.2 Å². The number of alkyl carbamates (subject to hydrolysis) is 1. The van der Waals surface area contributed by atoms with Crippen molar-refractivity contribution in [3.63, 3.8) is 0 Å². The molecule has 27 heteroatoms. The molecule has 3 aliphatic rings. The number of carbonyl (C=O) groups excluding carboxylic acids is 4. The smallest absolute Gasteiger partial charge is 0.407 e. The Bertz CT molecular complexity index is 2920. The summed E-state index contributed by atoms with van der Waals surface area (Å²) >= 11 is 0. The number of methoxy groups -OCH3 is 2. The number of nitrogens with zero attached hydrogens (tertiary/aromatic N) is 6. The third kappa shape index (κ3) is 14.6. The van der Waals surface area contributed by atoms with Crippen molar-refractivity contribution in [3.05, 3.63) is 101 Å². The first-order chi connectivity index (χ1) is 38.5. The van der Waals surface area contributed by atoms with Crippen molar-refractivity contribution >= 4 is 29.7 Å². The Labute approximate surface area is 466 Å². The van der Waals surface area contributed by atoms with Crippen molar-refractivity contribution in [1.29, 1.82) is 0 Å². The minimum Gasteiger partial charge on any atom is -0.469 e. The highest BCUT2D eigenvalue weighted by atomic mass is 19.4. The number of ether oxygens (including phenoxy) is 3. The molecular weight excluding hydrogens is 1100 g/mol. The van der Waals surface area contributed by atoms with Gasteiger partial charge in [-0.25, -0.2) is 28.3 Å². The number of fused-ring (bicyclic) bond motifs is 2. The normalized spacial score (nSPS) is 19.3. The lowest BCUT2D eigenvalue weighted by molar-refractivity contribution is -0.231. The second-order valence-corrected chi connectivity index (χ2v) is 21.6. The van der Waals surface area contributed by atoms with Crippen molar-refractivity contribution in [2.45, 2.75) is 122 Å². The van der Waals surface area contributed by atoms with Gasteiger partial charge in [-0.3, -0.25) is 24.7 Å². The van der Waals surface area contributed by atoms with Crippen molar-refractivity contribution in [3.8, 4) is 23.1 Å². The molecule has 5 heterocycles. The largest absolute Gasteiger partial charge is 0.469 e. The molecule has 17 nitrogen and oxygen atoms in total. The van der Waals surface area contributed by atoms with E-state index in [-0.39, 0.29) is 21.5 Å². The predicted molar refractivity (Wildman–Crippen MR) is 275 cm³/mol. The highest BCUT2D eigenvalue weighted by Gasteiger charge is 2.57. The number of benzene rings is 2. The zero-order valence-electron chi connectivity index (χ0n) is 45.5. The number of rotatable bonds is 20. The number of hydrogen-bond donors (Lipinski definition) is 4. The minimum absolute atomic E-state index is 0.205. The molecule has 3 fully saturated rings. The molecule has 2 unspecified atom stereocenters. The summed E-state index contributed by atoms with van der Waals surface area (Å²) in [6.07, 6.45) is -9.85. The van der Waals surface area contributed by atoms with Gasteiger partial charge in [0.25, 0.3) is 0 Å². The lowest BCUT2D eigenvalue weighted by atomic mass is 9.75. The molecule has 4 aromatic rings. The molecule has 0 spiro atoms. The maximum atomic E-state index is 16.1. The van der Waals surface area contributed by atoms with Gasteiger partial charge in [0.05, 0.1) is 61.8 Å². The molecular formula is C55H63F10N9O8. The Hall–Kier alpha value is -7.02. The van der Waals surface area contributed by atoms with Gasteiger partial charge in [0, 0.05) is 85.6 Å². The van der Waals surface area contributed by atoms with Crippen LogP contribution in [-0.4, -0.2) is 149 Å². The molecule has 3 saturated heterocycles. The van der Waals surface area contributed by atoms with Crippen molar-refractivity contribution in [1.82, 2.24) is 40.7 Å². The molecule has 0 radical (unpaired) electrons. The quantitative estimate of drug-likeness (QED) is 0.0295. The van der Waals surface area contributed by atoms with E-state index in [4.69, 9.17) is 9.72 Å². The molecule has 2 bridgehead atoms. The van der Waals surface area contributed by atoms with Crippen LogP contribution < -0.4 is 21.0 Å². The summed E-state index contributed by atoms with van der Waals surface area (Å²) in [5.74, 6) is -2.62. The number of alkyl halides is 8. The number of aliphatic hydroxyl groups is 1. The van der Waals surface area contributed by atoms with Gasteiger partial charge < -0.3 is 34.9 Å². The summed E-state index contributed by atoms with van der Waals surface area (Å²) in [7, 11) is 1.67. The Balaban J connectivity index is 1.18. The number of anilines is 1. The van der Waals surface area contributed by atoms with Gasteiger partial charge in [0.2, 0.25) is 11.8 Å². The fourth-order valence-electron chi connectivity index (χ4n) is 10.3. The van der Waals surface area contributed by atoms with Crippen LogP contribution in [0.4, 0.5) is 54.5 Å². The average molecular weight is 1170 g/mol. The van der Waals surface area contributed by atoms with E-state index in [9.17, 15) is 59.4 Å². The number of hydrazine groups is 1. The number of nitrogens with one attached hydrogen (secondary N) is 3. The number of carbonyl (C=O) groups is 4. The van der Waals surface area contributed by atoms with E-state index in [0.29, 0.717) is 74.1 Å². The molecule has 82 heavy (non-hydrogen) atoms. The number of halogens is 10. The molecule has 0 aliphatic carbocycles. The highest BCUT2D eigenvalue weighted by molar-refractivity contribution is 5.87. The van der Waals surface area contributed by atoms with Gasteiger partial charge in [0.1, 0.15) is 23.5 Å². The number of esters is 1. The number of hydrogen-bond acceptors (Lipinski definition) is 13. The summed E-state index contributed by atoms with van der Waals surface area (Å²) < 4.78 is 161. The molecule has 3 aliphatic heterocycles. The van der Waals surface area contributed by atoms with E-state index in [1.54, 1.807) is 18.3 Å². The van der Waals surface area contributed by atoms with Crippen LogP contribution in [0.2, 0.25) is 0 Å². The van der Waals surface area contributed by atoms with E-state index < -0.39 is 121 Å². The molecule has 2 aromatic heterocycles. The Morgan fingerprint density at radius 2 is 1.44 bits per heavy atom. The third-order valence-electron chi connectivity index (χ3n) is 15.4. The van der Waals surface area contributed by atoms with E-state index in [1.807, 2.05) is 17.4 Å². The van der Waals surface area contributed by atoms with Gasteiger partial charge in [-0.05, 0) is 87.6 Å². The lowest BCUT2D eigenvalue weighted by Crippen LogP contribution is -2.62. The molecule has 3 amide bonds. The van der Waals surface area contributed by atoms with Crippen LogP contribution in [0, 0.1) is 40.2 Å². The van der Waals surface area contributed by atoms with Crippen LogP contribution >= 0.6 is 0 Å². The van der Waals surface area contributed by atoms with E-state index in [0.717, 1.165) is 77.9 Å². The first-order valence-corrected chi connectivity index (χ1v) is 26.1. The molecule has 446 valence electrons. The number of aliphatic hydroxyl groups excluding tert-OH is 1. The first kappa shape index (κ1) is 62.6. The van der Waals surface area contributed by atoms with Crippen LogP contribution in [0.1, 0.15) is 82.2 Å². The number of amides is 3. The van der Waals surface area contributed by atoms with Crippen LogP contribution in [0.25, 0.3) is 11.3 Å². The summed E-state index contributed by atoms with van der Waals surface area (Å²) in [4.78, 5) is 62.7. The summed E-state index contributed by atoms with van der Waals surface area (Å²) in [6, 6.07) is 9.28. The zero-order valence-corrected chi connectivity index (χ0v) is 45.5. The molecule has 7 atom stereocenters. The average Bonchev–Trinajstić information content (AvgIpc) is 3.82. The summed E-state index contributed by atoms with van der Waals surface area (Å²) in [6.45, 7) is 0.273. The maximum Gasteiger partial charge on any atom is 0.407 e. The fraction of sp³-hybridized carbons (Fsp3) is 0.527. The van der Waals surface area contributed by atoms with Gasteiger partial charge in [0.15, 0.2) is 0 Å². The van der Waals surface area contributed by atoms with Crippen molar-refractivity contribution in [2.75, 3.05) is 52.0 Å². The number of pyridine rings is 1. The van der Waals surface area contributed by atoms with Gasteiger partial charge in [-0.1, -0.05) is 37.8 Å². The van der Waals surface area contributed by atoms with Crippen molar-refractivity contribution < 1.29 is 82.4 Å². The zero-order chi connectivity index (χ0) is 60.1. The van der Waals surface area contributed by atoms with Gasteiger partial charge in [-0.15, -0.1) is 0 Å². The standard InChI is InChI=1S/C55H63F10N9O8/c1-52(2,54(60,61)62)39(24-46(76)80-5)48(77)70-72(28-38-40(56)22-34(23-41(38)57)42-17-19-73(69-42)50(58)59)29-44(75)43(67-49(78)47(68-51(79)81-6)53(3,4)55(63,64)65)21-32-10-7-31(8-11-32)9-12-33-13-16-45(66-25-33)71-26-35-14-15-36(27-71)74(35)37-18-20-82-30-37/h7-8,10-11,13,16-17,19,22-23,25,35-37,39,43-44,47,50,75H,14-15,18,20-21,24,26-30H2,1-6H3,(H,67,78)(H,68,79)(H,70,77)/t35?,36?,37-,39-,43+,44+,47-/m1/s1. The third-order valence-corrected chi connectivity index (χ3v) is 15.4. The molecule has 0 saturated carbocycles. The molecule has 2 aromatic carbocycles. The fourth-order valence-corrected chi connectivity index (χ4v) is 10.3. The number of aromatic nitrogens is 3. The van der Waals surface area contributed by atoms with E-state index in [2.05, 4.69) is 47.0 Å². The predicted octanol–water partition coefficient (Wildman–Crippen LogP) is 7.46.